The van der Waals surface area contributed by atoms with Crippen LogP contribution in [0.2, 0.25) is 0 Å². The van der Waals surface area contributed by atoms with Crippen molar-refractivity contribution in [1.29, 1.82) is 0 Å². The van der Waals surface area contributed by atoms with E-state index in [0.717, 1.165) is 18.5 Å². The summed E-state index contributed by atoms with van der Waals surface area (Å²) < 4.78 is 0. The van der Waals surface area contributed by atoms with Crippen LogP contribution in [-0.4, -0.2) is 5.91 Å². The van der Waals surface area contributed by atoms with Crippen molar-refractivity contribution in [2.75, 3.05) is 5.32 Å². The van der Waals surface area contributed by atoms with Gasteiger partial charge in [0.2, 0.25) is 5.91 Å². The van der Waals surface area contributed by atoms with E-state index in [-0.39, 0.29) is 11.3 Å². The number of hydrogen-bond acceptors (Lipinski definition) is 1. The van der Waals surface area contributed by atoms with Crippen molar-refractivity contribution in [3.05, 3.63) is 29.3 Å². The normalized spacial score (nSPS) is 11.5. The Hall–Kier alpha value is -1.31. The summed E-state index contributed by atoms with van der Waals surface area (Å²) in [5.74, 6) is 0.121. The first-order valence-corrected chi connectivity index (χ1v) is 8.78. The predicted molar refractivity (Wildman–Crippen MR) is 96.4 cm³/mol. The van der Waals surface area contributed by atoms with E-state index in [2.05, 4.69) is 58.1 Å². The van der Waals surface area contributed by atoms with E-state index >= 15 is 0 Å². The third kappa shape index (κ3) is 6.64. The molecule has 0 saturated carbocycles. The summed E-state index contributed by atoms with van der Waals surface area (Å²) >= 11 is 0. The van der Waals surface area contributed by atoms with Gasteiger partial charge in [0, 0.05) is 12.1 Å². The van der Waals surface area contributed by atoms with Crippen molar-refractivity contribution in [3.63, 3.8) is 0 Å². The molecule has 0 aliphatic heterocycles. The summed E-state index contributed by atoms with van der Waals surface area (Å²) in [4.78, 5) is 12.2. The van der Waals surface area contributed by atoms with Gasteiger partial charge in [-0.25, -0.2) is 0 Å². The number of carbonyl (C=O) groups excluding carboxylic acids is 1. The Balaban J connectivity index is 2.82. The van der Waals surface area contributed by atoms with Gasteiger partial charge >= 0.3 is 0 Å². The Morgan fingerprint density at radius 3 is 2.41 bits per heavy atom. The Bertz CT molecular complexity index is 471. The van der Waals surface area contributed by atoms with Crippen molar-refractivity contribution in [3.8, 4) is 0 Å². The lowest BCUT2D eigenvalue weighted by Gasteiger charge is -2.19. The van der Waals surface area contributed by atoms with Crippen molar-refractivity contribution < 1.29 is 4.79 Å². The standard InChI is InChI=1S/C20H33NO/c1-6-8-9-10-13-17-16(7-2)12-11-14-18(17)21-19(22)15-20(3,4)5/h11-12,14H,6-10,13,15H2,1-5H3,(H,21,22). The van der Waals surface area contributed by atoms with Gasteiger partial charge in [0.15, 0.2) is 0 Å². The second-order valence-electron chi connectivity index (χ2n) is 7.39. The fourth-order valence-electron chi connectivity index (χ4n) is 2.78. The van der Waals surface area contributed by atoms with Gasteiger partial charge in [-0.2, -0.15) is 0 Å². The minimum Gasteiger partial charge on any atom is -0.326 e. The first-order valence-electron chi connectivity index (χ1n) is 8.78. The average Bonchev–Trinajstić information content (AvgIpc) is 2.42. The molecule has 0 atom stereocenters. The third-order valence-electron chi connectivity index (χ3n) is 3.90. The van der Waals surface area contributed by atoms with Gasteiger partial charge in [0.1, 0.15) is 0 Å². The maximum absolute atomic E-state index is 12.2. The first-order chi connectivity index (χ1) is 10.4. The van der Waals surface area contributed by atoms with Crippen LogP contribution in [0, 0.1) is 5.41 Å². The van der Waals surface area contributed by atoms with Gasteiger partial charge in [0.05, 0.1) is 0 Å². The molecule has 1 amide bonds. The van der Waals surface area contributed by atoms with E-state index in [4.69, 9.17) is 0 Å². The number of unbranched alkanes of at least 4 members (excludes halogenated alkanes) is 3. The number of aryl methyl sites for hydroxylation is 1. The molecule has 0 fully saturated rings. The van der Waals surface area contributed by atoms with E-state index < -0.39 is 0 Å². The number of nitrogens with one attached hydrogen (secondary N) is 1. The minimum atomic E-state index is 0.0216. The van der Waals surface area contributed by atoms with Gasteiger partial charge in [-0.05, 0) is 41.9 Å². The van der Waals surface area contributed by atoms with Crippen LogP contribution in [0.15, 0.2) is 18.2 Å². The summed E-state index contributed by atoms with van der Waals surface area (Å²) in [6.07, 6.45) is 7.65. The molecule has 1 aromatic rings. The molecular weight excluding hydrogens is 270 g/mol. The maximum atomic E-state index is 12.2. The van der Waals surface area contributed by atoms with E-state index in [1.807, 2.05) is 0 Å². The van der Waals surface area contributed by atoms with Gasteiger partial charge in [0.25, 0.3) is 0 Å². The zero-order valence-corrected chi connectivity index (χ0v) is 15.1. The number of amides is 1. The summed E-state index contributed by atoms with van der Waals surface area (Å²) in [7, 11) is 0. The zero-order chi connectivity index (χ0) is 16.6. The van der Waals surface area contributed by atoms with Crippen molar-refractivity contribution >= 4 is 11.6 Å². The first kappa shape index (κ1) is 18.7. The van der Waals surface area contributed by atoms with Crippen LogP contribution < -0.4 is 5.32 Å². The lowest BCUT2D eigenvalue weighted by Crippen LogP contribution is -2.20. The molecule has 22 heavy (non-hydrogen) atoms. The molecule has 0 aromatic heterocycles. The summed E-state index contributed by atoms with van der Waals surface area (Å²) in [5.41, 5.74) is 3.74. The molecular formula is C20H33NO. The highest BCUT2D eigenvalue weighted by Gasteiger charge is 2.17. The topological polar surface area (TPSA) is 29.1 Å². The van der Waals surface area contributed by atoms with Crippen LogP contribution in [0.4, 0.5) is 5.69 Å². The largest absolute Gasteiger partial charge is 0.326 e. The van der Waals surface area contributed by atoms with Crippen molar-refractivity contribution in [1.82, 2.24) is 0 Å². The third-order valence-corrected chi connectivity index (χ3v) is 3.90. The summed E-state index contributed by atoms with van der Waals surface area (Å²) in [6.45, 7) is 10.7. The Kier molecular flexibility index (Phi) is 7.64. The van der Waals surface area contributed by atoms with Gasteiger partial charge in [-0.1, -0.05) is 66.0 Å². The van der Waals surface area contributed by atoms with Gasteiger partial charge < -0.3 is 5.32 Å². The smallest absolute Gasteiger partial charge is 0.224 e. The molecule has 1 aromatic carbocycles. The second kappa shape index (κ2) is 8.97. The van der Waals surface area contributed by atoms with Crippen LogP contribution >= 0.6 is 0 Å². The number of rotatable bonds is 8. The van der Waals surface area contributed by atoms with Gasteiger partial charge in [-0.15, -0.1) is 0 Å². The maximum Gasteiger partial charge on any atom is 0.224 e. The summed E-state index contributed by atoms with van der Waals surface area (Å²) in [6, 6.07) is 6.30. The molecule has 0 bridgehead atoms. The van der Waals surface area contributed by atoms with Crippen LogP contribution in [0.1, 0.15) is 77.8 Å². The Morgan fingerprint density at radius 2 is 1.82 bits per heavy atom. The lowest BCUT2D eigenvalue weighted by molar-refractivity contribution is -0.117. The Labute approximate surface area is 136 Å². The quantitative estimate of drug-likeness (QED) is 0.609. The van der Waals surface area contributed by atoms with Gasteiger partial charge in [-0.3, -0.25) is 4.79 Å². The molecule has 0 aliphatic carbocycles. The highest BCUT2D eigenvalue weighted by molar-refractivity contribution is 5.92. The molecule has 0 heterocycles. The van der Waals surface area contributed by atoms with Crippen LogP contribution in [0.25, 0.3) is 0 Å². The second-order valence-corrected chi connectivity index (χ2v) is 7.39. The highest BCUT2D eigenvalue weighted by Crippen LogP contribution is 2.25. The SMILES string of the molecule is CCCCCCc1c(CC)cccc1NC(=O)CC(C)(C)C. The van der Waals surface area contributed by atoms with Crippen molar-refractivity contribution in [2.45, 2.75) is 79.6 Å². The van der Waals surface area contributed by atoms with Crippen LogP contribution in [-0.2, 0) is 17.6 Å². The molecule has 0 radical (unpaired) electrons. The molecule has 2 heteroatoms. The van der Waals surface area contributed by atoms with E-state index in [1.54, 1.807) is 0 Å². The molecule has 1 N–H and O–H groups in total. The monoisotopic (exact) mass is 303 g/mol. The summed E-state index contributed by atoms with van der Waals surface area (Å²) in [5, 5.41) is 3.14. The fourth-order valence-corrected chi connectivity index (χ4v) is 2.78. The van der Waals surface area contributed by atoms with E-state index in [0.29, 0.717) is 6.42 Å². The number of anilines is 1. The molecule has 1 rings (SSSR count). The van der Waals surface area contributed by atoms with Crippen LogP contribution in [0.3, 0.4) is 0 Å². The minimum absolute atomic E-state index is 0.0216. The lowest BCUT2D eigenvalue weighted by atomic mass is 9.91. The molecule has 0 spiro atoms. The predicted octanol–water partition coefficient (Wildman–Crippen LogP) is 5.75. The molecule has 124 valence electrons. The number of carbonyl (C=O) groups is 1. The average molecular weight is 303 g/mol. The molecule has 0 aliphatic rings. The molecule has 0 saturated heterocycles. The number of hydrogen-bond donors (Lipinski definition) is 1. The Morgan fingerprint density at radius 1 is 1.09 bits per heavy atom. The molecule has 0 unspecified atom stereocenters. The van der Waals surface area contributed by atoms with Crippen LogP contribution in [0.5, 0.6) is 0 Å². The van der Waals surface area contributed by atoms with E-state index in [9.17, 15) is 4.79 Å². The van der Waals surface area contributed by atoms with E-state index in [1.165, 1.54) is 36.8 Å². The van der Waals surface area contributed by atoms with Crippen molar-refractivity contribution in [2.24, 2.45) is 5.41 Å². The number of benzene rings is 1. The zero-order valence-electron chi connectivity index (χ0n) is 15.1. The highest BCUT2D eigenvalue weighted by atomic mass is 16.1. The molecule has 2 nitrogen and oxygen atoms in total. The fraction of sp³-hybridized carbons (Fsp3) is 0.650.